The van der Waals surface area contributed by atoms with Gasteiger partial charge in [0.25, 0.3) is 5.91 Å². The zero-order valence-electron chi connectivity index (χ0n) is 17.4. The number of carbonyl (C=O) groups excluding carboxylic acids is 1. The monoisotopic (exact) mass is 485 g/mol. The van der Waals surface area contributed by atoms with Crippen molar-refractivity contribution in [1.29, 1.82) is 5.41 Å². The van der Waals surface area contributed by atoms with Crippen molar-refractivity contribution < 1.29 is 30.8 Å². The quantitative estimate of drug-likeness (QED) is 0.578. The van der Waals surface area contributed by atoms with Gasteiger partial charge in [0.05, 0.1) is 11.1 Å². The summed E-state index contributed by atoms with van der Waals surface area (Å²) in [6.45, 7) is 1.49. The molecule has 1 amide bonds. The van der Waals surface area contributed by atoms with Gasteiger partial charge in [0, 0.05) is 24.5 Å². The molecule has 1 aromatic carbocycles. The number of hydrogen-bond donors (Lipinski definition) is 3. The number of hydrogen-bond acceptors (Lipinski definition) is 5. The number of sulfonamides is 1. The van der Waals surface area contributed by atoms with E-state index in [1.54, 1.807) is 0 Å². The first kappa shape index (κ1) is 23.0. The summed E-state index contributed by atoms with van der Waals surface area (Å²) in [7, 11) is -2.71. The van der Waals surface area contributed by atoms with Crippen LogP contribution >= 0.6 is 0 Å². The number of alkyl halides is 3. The Bertz CT molecular complexity index is 1260. The molecule has 0 radical (unpaired) electrons. The summed E-state index contributed by atoms with van der Waals surface area (Å²) < 4.78 is 78.5. The van der Waals surface area contributed by atoms with E-state index in [1.165, 1.54) is 26.1 Å². The van der Waals surface area contributed by atoms with Crippen LogP contribution < -0.4 is 10.6 Å². The fourth-order valence-corrected chi connectivity index (χ4v) is 6.24. The minimum Gasteiger partial charge on any atom is -0.345 e. The van der Waals surface area contributed by atoms with Gasteiger partial charge < -0.3 is 10.6 Å². The van der Waals surface area contributed by atoms with Crippen molar-refractivity contribution in [3.05, 3.63) is 59.2 Å². The zero-order chi connectivity index (χ0) is 24.4. The van der Waals surface area contributed by atoms with Crippen molar-refractivity contribution in [2.45, 2.75) is 36.2 Å². The molecule has 0 bridgehead atoms. The predicted octanol–water partition coefficient (Wildman–Crippen LogP) is 3.04. The number of benzene rings is 1. The lowest BCUT2D eigenvalue weighted by atomic mass is 9.85. The van der Waals surface area contributed by atoms with Crippen LogP contribution in [-0.4, -0.2) is 41.4 Å². The molecule has 2 aliphatic rings. The van der Waals surface area contributed by atoms with Crippen LogP contribution in [0.2, 0.25) is 0 Å². The van der Waals surface area contributed by atoms with E-state index >= 15 is 0 Å². The SMILES string of the molecule is CN1C(=N)N[C@](C)(c2cc(NC(=O)c3ccc(C(F)(F)F)cn3)ccc2F)C2(CC2)S1(=O)=O. The average molecular weight is 485 g/mol. The number of nitrogens with zero attached hydrogens (tertiary/aromatic N) is 2. The highest BCUT2D eigenvalue weighted by atomic mass is 32.2. The van der Waals surface area contributed by atoms with E-state index in [1.807, 2.05) is 0 Å². The van der Waals surface area contributed by atoms with Gasteiger partial charge in [-0.2, -0.15) is 13.2 Å². The van der Waals surface area contributed by atoms with Gasteiger partial charge in [-0.3, -0.25) is 15.2 Å². The number of rotatable bonds is 3. The number of guanidine groups is 1. The second kappa shape index (κ2) is 7.14. The summed E-state index contributed by atoms with van der Waals surface area (Å²) >= 11 is 0. The molecule has 1 aliphatic heterocycles. The first-order valence-electron chi connectivity index (χ1n) is 9.73. The molecular weight excluding hydrogens is 466 g/mol. The van der Waals surface area contributed by atoms with Crippen molar-refractivity contribution in [3.63, 3.8) is 0 Å². The first-order valence-corrected chi connectivity index (χ1v) is 11.2. The van der Waals surface area contributed by atoms with Gasteiger partial charge in [0.1, 0.15) is 16.3 Å². The fraction of sp³-hybridized carbons (Fsp3) is 0.350. The van der Waals surface area contributed by atoms with Gasteiger partial charge in [-0.15, -0.1) is 0 Å². The minimum atomic E-state index is -4.60. The van der Waals surface area contributed by atoms with Crippen LogP contribution in [0, 0.1) is 11.2 Å². The molecule has 176 valence electrons. The van der Waals surface area contributed by atoms with Crippen LogP contribution in [0.1, 0.15) is 41.4 Å². The third-order valence-corrected chi connectivity index (χ3v) is 8.95. The average Bonchev–Trinajstić information content (AvgIpc) is 3.56. The molecule has 1 aromatic heterocycles. The minimum absolute atomic E-state index is 0.0698. The molecule has 1 atom stereocenters. The molecule has 3 N–H and O–H groups in total. The van der Waals surface area contributed by atoms with Crippen molar-refractivity contribution in [2.75, 3.05) is 12.4 Å². The van der Waals surface area contributed by atoms with Crippen LogP contribution in [0.25, 0.3) is 0 Å². The standard InChI is InChI=1S/C20H19F4N5O3S/c1-18(19(7-8-19)33(31,32)29(2)17(25)28-18)13-9-12(4-5-14(13)21)27-16(30)15-6-3-11(10-26-15)20(22,23)24/h3-6,9-10H,7-8H2,1-2H3,(H2,25,28)(H,27,30)/t18-/m1/s1. The number of carbonyl (C=O) groups is 1. The molecule has 1 aliphatic carbocycles. The van der Waals surface area contributed by atoms with Crippen molar-refractivity contribution >= 4 is 27.6 Å². The summed E-state index contributed by atoms with van der Waals surface area (Å²) in [6.07, 6.45) is -3.57. The number of pyridine rings is 1. The highest BCUT2D eigenvalue weighted by molar-refractivity contribution is 7.91. The molecule has 1 saturated carbocycles. The van der Waals surface area contributed by atoms with Gasteiger partial charge in [-0.25, -0.2) is 17.1 Å². The van der Waals surface area contributed by atoms with Gasteiger partial charge in [0.15, 0.2) is 0 Å². The normalized spacial score (nSPS) is 23.2. The van der Waals surface area contributed by atoms with E-state index in [2.05, 4.69) is 15.6 Å². The maximum atomic E-state index is 14.9. The van der Waals surface area contributed by atoms with Crippen molar-refractivity contribution in [2.24, 2.45) is 0 Å². The summed E-state index contributed by atoms with van der Waals surface area (Å²) in [5, 5.41) is 13.3. The summed E-state index contributed by atoms with van der Waals surface area (Å²) in [5.74, 6) is -1.99. The number of amides is 1. The molecule has 13 heteroatoms. The van der Waals surface area contributed by atoms with E-state index in [9.17, 15) is 30.8 Å². The third-order valence-electron chi connectivity index (χ3n) is 6.24. The molecule has 2 fully saturated rings. The second-order valence-corrected chi connectivity index (χ2v) is 10.4. The van der Waals surface area contributed by atoms with E-state index in [0.29, 0.717) is 6.20 Å². The zero-order valence-corrected chi connectivity index (χ0v) is 18.2. The lowest BCUT2D eigenvalue weighted by Gasteiger charge is -2.47. The Labute approximate surface area is 186 Å². The summed E-state index contributed by atoms with van der Waals surface area (Å²) in [6, 6.07) is 5.16. The van der Waals surface area contributed by atoms with Crippen LogP contribution in [0.4, 0.5) is 23.2 Å². The second-order valence-electron chi connectivity index (χ2n) is 8.14. The number of aromatic nitrogens is 1. The number of nitrogens with one attached hydrogen (secondary N) is 3. The molecule has 33 heavy (non-hydrogen) atoms. The Balaban J connectivity index is 1.66. The Kier molecular flexibility index (Phi) is 4.97. The van der Waals surface area contributed by atoms with E-state index in [4.69, 9.17) is 5.41 Å². The summed E-state index contributed by atoms with van der Waals surface area (Å²) in [5.41, 5.74) is -2.78. The highest BCUT2D eigenvalue weighted by Crippen LogP contribution is 2.58. The van der Waals surface area contributed by atoms with Gasteiger partial charge in [-0.1, -0.05) is 0 Å². The molecule has 1 spiro atoms. The number of anilines is 1. The molecule has 8 nitrogen and oxygen atoms in total. The van der Waals surface area contributed by atoms with Crippen LogP contribution in [0.3, 0.4) is 0 Å². The van der Waals surface area contributed by atoms with E-state index in [0.717, 1.165) is 22.5 Å². The molecule has 1 saturated heterocycles. The Morgan fingerprint density at radius 3 is 2.45 bits per heavy atom. The van der Waals surface area contributed by atoms with Gasteiger partial charge >= 0.3 is 6.18 Å². The fourth-order valence-electron chi connectivity index (χ4n) is 4.13. The third kappa shape index (κ3) is 3.41. The Morgan fingerprint density at radius 1 is 1.24 bits per heavy atom. The predicted molar refractivity (Wildman–Crippen MR) is 110 cm³/mol. The van der Waals surface area contributed by atoms with Crippen LogP contribution in [0.15, 0.2) is 36.5 Å². The molecule has 0 unspecified atom stereocenters. The largest absolute Gasteiger partial charge is 0.417 e. The lowest BCUT2D eigenvalue weighted by molar-refractivity contribution is -0.137. The van der Waals surface area contributed by atoms with Crippen LogP contribution in [-0.2, 0) is 21.7 Å². The van der Waals surface area contributed by atoms with Gasteiger partial charge in [0.2, 0.25) is 16.0 Å². The Morgan fingerprint density at radius 2 is 1.91 bits per heavy atom. The molecule has 2 heterocycles. The van der Waals surface area contributed by atoms with E-state index < -0.39 is 49.7 Å². The molecule has 2 aromatic rings. The maximum absolute atomic E-state index is 14.9. The van der Waals surface area contributed by atoms with Crippen LogP contribution in [0.5, 0.6) is 0 Å². The number of halogens is 4. The lowest BCUT2D eigenvalue weighted by Crippen LogP contribution is -2.67. The first-order chi connectivity index (χ1) is 15.2. The summed E-state index contributed by atoms with van der Waals surface area (Å²) in [4.78, 5) is 16.0. The van der Waals surface area contributed by atoms with Gasteiger partial charge in [-0.05, 0) is 50.1 Å². The van der Waals surface area contributed by atoms with Crippen molar-refractivity contribution in [3.8, 4) is 0 Å². The highest BCUT2D eigenvalue weighted by Gasteiger charge is 2.71. The van der Waals surface area contributed by atoms with Crippen molar-refractivity contribution in [1.82, 2.24) is 14.6 Å². The maximum Gasteiger partial charge on any atom is 0.417 e. The molecule has 4 rings (SSSR count). The molecular formula is C20H19F4N5O3S. The van der Waals surface area contributed by atoms with E-state index in [-0.39, 0.29) is 29.8 Å². The topological polar surface area (TPSA) is 115 Å². The Hall–Kier alpha value is -3.22. The smallest absolute Gasteiger partial charge is 0.345 e.